The third kappa shape index (κ3) is 6.19. The molecule has 0 fully saturated rings. The molecule has 1 aliphatic carbocycles. The minimum absolute atomic E-state index is 0.0961. The van der Waals surface area contributed by atoms with Crippen molar-refractivity contribution in [3.05, 3.63) is 81.2 Å². The molecule has 8 heteroatoms. The van der Waals surface area contributed by atoms with Crippen LogP contribution in [-0.2, 0) is 29.0 Å². The van der Waals surface area contributed by atoms with Crippen LogP contribution in [-0.4, -0.2) is 25.6 Å². The van der Waals surface area contributed by atoms with E-state index in [4.69, 9.17) is 14.2 Å². The molecule has 0 saturated heterocycles. The molecule has 0 spiro atoms. The number of hydrogen-bond donors (Lipinski definition) is 1. The number of fused-ring (bicyclic) bond motifs is 1. The van der Waals surface area contributed by atoms with Crippen molar-refractivity contribution in [2.45, 2.75) is 39.2 Å². The van der Waals surface area contributed by atoms with Gasteiger partial charge in [0.15, 0.2) is 11.5 Å². The molecule has 1 heterocycles. The van der Waals surface area contributed by atoms with Crippen molar-refractivity contribution in [1.29, 1.82) is 5.26 Å². The van der Waals surface area contributed by atoms with E-state index in [0.29, 0.717) is 34.2 Å². The molecule has 0 aliphatic heterocycles. The van der Waals surface area contributed by atoms with Crippen LogP contribution in [0.4, 0.5) is 5.00 Å². The average Bonchev–Trinajstić information content (AvgIpc) is 3.29. The number of carbonyl (C=O) groups is 2. The molecule has 0 atom stereocenters. The Kier molecular flexibility index (Phi) is 8.60. The molecule has 3 aromatic rings. The zero-order chi connectivity index (χ0) is 26.2. The number of benzene rings is 2. The first-order chi connectivity index (χ1) is 18.0. The van der Waals surface area contributed by atoms with E-state index in [1.54, 1.807) is 25.1 Å². The van der Waals surface area contributed by atoms with Gasteiger partial charge in [-0.1, -0.05) is 36.4 Å². The van der Waals surface area contributed by atoms with Crippen molar-refractivity contribution in [2.75, 3.05) is 19.0 Å². The second-order valence-electron chi connectivity index (χ2n) is 8.44. The zero-order valence-corrected chi connectivity index (χ0v) is 21.7. The van der Waals surface area contributed by atoms with Gasteiger partial charge in [-0.3, -0.25) is 4.79 Å². The van der Waals surface area contributed by atoms with E-state index in [1.807, 2.05) is 36.4 Å². The zero-order valence-electron chi connectivity index (χ0n) is 20.8. The van der Waals surface area contributed by atoms with E-state index < -0.39 is 11.9 Å². The normalized spacial score (nSPS) is 12.7. The summed E-state index contributed by atoms with van der Waals surface area (Å²) in [5.41, 5.74) is 2.89. The lowest BCUT2D eigenvalue weighted by Gasteiger charge is -2.12. The molecular formula is C29H28N2O5S. The van der Waals surface area contributed by atoms with E-state index in [1.165, 1.54) is 24.5 Å². The summed E-state index contributed by atoms with van der Waals surface area (Å²) in [7, 11) is 1.53. The van der Waals surface area contributed by atoms with Gasteiger partial charge in [0.1, 0.15) is 23.3 Å². The molecule has 0 radical (unpaired) electrons. The van der Waals surface area contributed by atoms with E-state index in [9.17, 15) is 14.9 Å². The van der Waals surface area contributed by atoms with Gasteiger partial charge in [0.25, 0.3) is 5.91 Å². The average molecular weight is 517 g/mol. The first-order valence-electron chi connectivity index (χ1n) is 12.1. The Bertz CT molecular complexity index is 1350. The molecule has 0 bridgehead atoms. The first-order valence-corrected chi connectivity index (χ1v) is 12.9. The number of esters is 1. The lowest BCUT2D eigenvalue weighted by atomic mass is 9.95. The van der Waals surface area contributed by atoms with Crippen molar-refractivity contribution in [1.82, 2.24) is 0 Å². The number of thiophene rings is 1. The van der Waals surface area contributed by atoms with Crippen LogP contribution in [0.5, 0.6) is 11.5 Å². The summed E-state index contributed by atoms with van der Waals surface area (Å²) in [5, 5.41) is 12.9. The molecule has 37 heavy (non-hydrogen) atoms. The quantitative estimate of drug-likeness (QED) is 0.215. The van der Waals surface area contributed by atoms with Gasteiger partial charge in [0, 0.05) is 4.88 Å². The fourth-order valence-corrected chi connectivity index (χ4v) is 5.46. The second kappa shape index (κ2) is 12.2. The third-order valence-electron chi connectivity index (χ3n) is 5.98. The molecule has 1 N–H and O–H groups in total. The van der Waals surface area contributed by atoms with Crippen molar-refractivity contribution in [2.24, 2.45) is 0 Å². The van der Waals surface area contributed by atoms with Crippen molar-refractivity contribution >= 4 is 34.3 Å². The number of aryl methyl sites for hydroxylation is 1. The number of nitriles is 1. The topological polar surface area (TPSA) is 97.7 Å². The molecular weight excluding hydrogens is 488 g/mol. The first kappa shape index (κ1) is 26.0. The maximum atomic E-state index is 13.1. The summed E-state index contributed by atoms with van der Waals surface area (Å²) in [6.07, 6.45) is 5.15. The molecule has 1 aromatic heterocycles. The second-order valence-corrected chi connectivity index (χ2v) is 9.55. The lowest BCUT2D eigenvalue weighted by molar-refractivity contribution is -0.112. The van der Waals surface area contributed by atoms with Crippen LogP contribution in [0.25, 0.3) is 6.08 Å². The summed E-state index contributed by atoms with van der Waals surface area (Å²) < 4.78 is 16.6. The Balaban J connectivity index is 1.54. The largest absolute Gasteiger partial charge is 0.493 e. The molecule has 4 rings (SSSR count). The van der Waals surface area contributed by atoms with Crippen molar-refractivity contribution in [3.63, 3.8) is 0 Å². The van der Waals surface area contributed by atoms with E-state index >= 15 is 0 Å². The monoisotopic (exact) mass is 516 g/mol. The van der Waals surface area contributed by atoms with Crippen LogP contribution < -0.4 is 14.8 Å². The van der Waals surface area contributed by atoms with Gasteiger partial charge in [-0.2, -0.15) is 5.26 Å². The highest BCUT2D eigenvalue weighted by molar-refractivity contribution is 7.17. The van der Waals surface area contributed by atoms with Gasteiger partial charge in [0.05, 0.1) is 19.3 Å². The van der Waals surface area contributed by atoms with Crippen molar-refractivity contribution in [3.8, 4) is 17.6 Å². The maximum absolute atomic E-state index is 13.1. The number of nitrogens with zero attached hydrogens (tertiary/aromatic N) is 1. The number of methoxy groups -OCH3 is 1. The van der Waals surface area contributed by atoms with Gasteiger partial charge >= 0.3 is 5.97 Å². The van der Waals surface area contributed by atoms with Crippen LogP contribution in [0.3, 0.4) is 0 Å². The standard InChI is InChI=1S/C29H28N2O5S/c1-3-35-29(33)26-22-11-7-8-12-25(22)37-28(26)31-27(32)21(17-30)15-20-13-14-23(24(16-20)34-2)36-18-19-9-5-4-6-10-19/h4-6,9-10,13-16H,3,7-8,11-12,18H2,1-2H3,(H,31,32)/b21-15+. The maximum Gasteiger partial charge on any atom is 0.341 e. The van der Waals surface area contributed by atoms with E-state index in [2.05, 4.69) is 5.32 Å². The number of carbonyl (C=O) groups excluding carboxylic acids is 2. The third-order valence-corrected chi connectivity index (χ3v) is 7.19. The number of amides is 1. The molecule has 1 aliphatic rings. The summed E-state index contributed by atoms with van der Waals surface area (Å²) in [6.45, 7) is 2.37. The number of ether oxygens (including phenoxy) is 3. The fraction of sp³-hybridized carbons (Fsp3) is 0.276. The predicted molar refractivity (Wildman–Crippen MR) is 143 cm³/mol. The highest BCUT2D eigenvalue weighted by Crippen LogP contribution is 2.39. The number of hydrogen-bond acceptors (Lipinski definition) is 7. The van der Waals surface area contributed by atoms with Crippen LogP contribution in [0, 0.1) is 11.3 Å². The molecule has 2 aromatic carbocycles. The molecule has 0 saturated carbocycles. The highest BCUT2D eigenvalue weighted by atomic mass is 32.1. The summed E-state index contributed by atoms with van der Waals surface area (Å²) >= 11 is 1.38. The Labute approximate surface area is 220 Å². The van der Waals surface area contributed by atoms with Crippen LogP contribution in [0.2, 0.25) is 0 Å². The smallest absolute Gasteiger partial charge is 0.341 e. The van der Waals surface area contributed by atoms with Crippen LogP contribution in [0.15, 0.2) is 54.1 Å². The lowest BCUT2D eigenvalue weighted by Crippen LogP contribution is -2.16. The number of anilines is 1. The molecule has 7 nitrogen and oxygen atoms in total. The number of nitrogens with one attached hydrogen (secondary N) is 1. The van der Waals surface area contributed by atoms with Gasteiger partial charge in [0.2, 0.25) is 0 Å². The Morgan fingerprint density at radius 1 is 1.11 bits per heavy atom. The fourth-order valence-electron chi connectivity index (χ4n) is 4.19. The Morgan fingerprint density at radius 3 is 2.62 bits per heavy atom. The van der Waals surface area contributed by atoms with Crippen LogP contribution in [0.1, 0.15) is 51.7 Å². The van der Waals surface area contributed by atoms with E-state index in [0.717, 1.165) is 41.7 Å². The van der Waals surface area contributed by atoms with Crippen LogP contribution >= 0.6 is 11.3 Å². The molecule has 1 amide bonds. The van der Waals surface area contributed by atoms with Gasteiger partial charge in [-0.25, -0.2) is 4.79 Å². The van der Waals surface area contributed by atoms with Crippen molar-refractivity contribution < 1.29 is 23.8 Å². The SMILES string of the molecule is CCOC(=O)c1c(NC(=O)/C(C#N)=C/c2ccc(OCc3ccccc3)c(OC)c2)sc2c1CCCC2. The minimum Gasteiger partial charge on any atom is -0.493 e. The van der Waals surface area contributed by atoms with Gasteiger partial charge < -0.3 is 19.5 Å². The molecule has 0 unspecified atom stereocenters. The predicted octanol–water partition coefficient (Wildman–Crippen LogP) is 5.94. The van der Waals surface area contributed by atoms with Gasteiger partial charge in [-0.15, -0.1) is 11.3 Å². The van der Waals surface area contributed by atoms with Gasteiger partial charge in [-0.05, 0) is 67.5 Å². The van der Waals surface area contributed by atoms with E-state index in [-0.39, 0.29) is 12.2 Å². The highest BCUT2D eigenvalue weighted by Gasteiger charge is 2.27. The molecule has 190 valence electrons. The summed E-state index contributed by atoms with van der Waals surface area (Å²) in [5.74, 6) is -0.00172. The number of rotatable bonds is 9. The summed E-state index contributed by atoms with van der Waals surface area (Å²) in [6, 6.07) is 16.9. The Hall–Kier alpha value is -4.09. The summed E-state index contributed by atoms with van der Waals surface area (Å²) in [4.78, 5) is 26.8. The minimum atomic E-state index is -0.588. The Morgan fingerprint density at radius 2 is 1.89 bits per heavy atom.